The van der Waals surface area contributed by atoms with Gasteiger partial charge in [-0.1, -0.05) is 42.6 Å². The van der Waals surface area contributed by atoms with Crippen LogP contribution in [-0.2, 0) is 5.41 Å². The van der Waals surface area contributed by atoms with Crippen molar-refractivity contribution in [1.82, 2.24) is 0 Å². The summed E-state index contributed by atoms with van der Waals surface area (Å²) in [5.41, 5.74) is -2.85. The number of hydrogen-bond donors (Lipinski definition) is 0. The van der Waals surface area contributed by atoms with Crippen LogP contribution in [0.1, 0.15) is 44.0 Å². The molecule has 0 aliphatic rings. The van der Waals surface area contributed by atoms with Crippen molar-refractivity contribution in [3.8, 4) is 0 Å². The normalized spacial score (nSPS) is 26.0. The molecule has 0 heterocycles. The lowest BCUT2D eigenvalue weighted by Crippen LogP contribution is -2.12. The second kappa shape index (κ2) is 3.21. The van der Waals surface area contributed by atoms with Gasteiger partial charge in [-0.25, -0.2) is 0 Å². The second-order valence-corrected chi connectivity index (χ2v) is 3.62. The maximum atomic E-state index is 7.65. The van der Waals surface area contributed by atoms with E-state index < -0.39 is 26.0 Å². The van der Waals surface area contributed by atoms with Crippen molar-refractivity contribution in [2.75, 3.05) is 0 Å². The molecular formula is C11H15Br. The van der Waals surface area contributed by atoms with Gasteiger partial charge in [0.1, 0.15) is 0 Å². The number of halogens is 1. The zero-order valence-electron chi connectivity index (χ0n) is 15.6. The molecule has 0 saturated heterocycles. The molecule has 1 aromatic rings. The van der Waals surface area contributed by atoms with Crippen LogP contribution >= 0.6 is 15.9 Å². The van der Waals surface area contributed by atoms with Gasteiger partial charge in [0.25, 0.3) is 0 Å². The lowest BCUT2D eigenvalue weighted by molar-refractivity contribution is 0.586. The van der Waals surface area contributed by atoms with Gasteiger partial charge >= 0.3 is 0 Å². The molecule has 0 bridgehead atoms. The largest absolute Gasteiger partial charge is 0.0579 e. The summed E-state index contributed by atoms with van der Waals surface area (Å²) in [6.07, 6.45) is 0. The molecule has 0 spiro atoms. The summed E-state index contributed by atoms with van der Waals surface area (Å²) >= 11 is 3.14. The molecule has 0 fully saturated rings. The molecule has 0 radical (unpaired) electrons. The molecule has 0 nitrogen and oxygen atoms in total. The Balaban J connectivity index is 3.95. The lowest BCUT2D eigenvalue weighted by atomic mass is 9.84. The van der Waals surface area contributed by atoms with Gasteiger partial charge < -0.3 is 0 Å². The van der Waals surface area contributed by atoms with Crippen LogP contribution in [0.4, 0.5) is 0 Å². The first-order valence-corrected chi connectivity index (χ1v) is 4.22. The van der Waals surface area contributed by atoms with Crippen LogP contribution in [0.2, 0.25) is 0 Å². The Morgan fingerprint density at radius 1 is 1.33 bits per heavy atom. The molecule has 0 aromatic heterocycles. The standard InChI is InChI=1S/C11H15Br/c1-8-5-6-9(12)7-10(8)11(2,3)4/h5-7H,1-4H3/i2D3,3D3,4D3. The van der Waals surface area contributed by atoms with Crippen LogP contribution in [-0.4, -0.2) is 0 Å². The zero-order valence-corrected chi connectivity index (χ0v) is 8.20. The average molecular weight is 236 g/mol. The van der Waals surface area contributed by atoms with Gasteiger partial charge in [0.15, 0.2) is 0 Å². The minimum atomic E-state index is -3.23. The van der Waals surface area contributed by atoms with Crippen LogP contribution < -0.4 is 0 Å². The van der Waals surface area contributed by atoms with Gasteiger partial charge in [-0.15, -0.1) is 0 Å². The van der Waals surface area contributed by atoms with Crippen molar-refractivity contribution in [1.29, 1.82) is 0 Å². The number of benzene rings is 1. The van der Waals surface area contributed by atoms with Gasteiger partial charge in [0.2, 0.25) is 0 Å². The van der Waals surface area contributed by atoms with Crippen molar-refractivity contribution < 1.29 is 12.3 Å². The van der Waals surface area contributed by atoms with Crippen LogP contribution in [0.3, 0.4) is 0 Å². The van der Waals surface area contributed by atoms with E-state index in [1.807, 2.05) is 0 Å². The van der Waals surface area contributed by atoms with E-state index in [2.05, 4.69) is 15.9 Å². The Kier molecular flexibility index (Phi) is 0.837. The van der Waals surface area contributed by atoms with Gasteiger partial charge in [0, 0.05) is 16.8 Å². The SMILES string of the molecule is [2H]C([2H])([2H])C(c1cc(Br)ccc1C)(C([2H])([2H])[2H])C([2H])([2H])[2H]. The molecule has 0 atom stereocenters. The summed E-state index contributed by atoms with van der Waals surface area (Å²) in [4.78, 5) is 0. The molecule has 12 heavy (non-hydrogen) atoms. The third-order valence-corrected chi connectivity index (χ3v) is 2.10. The van der Waals surface area contributed by atoms with E-state index in [9.17, 15) is 0 Å². The molecule has 66 valence electrons. The minimum Gasteiger partial charge on any atom is -0.0579 e. The molecule has 0 saturated carbocycles. The number of aryl methyl sites for hydroxylation is 1. The minimum absolute atomic E-state index is 0.211. The molecule has 0 N–H and O–H groups in total. The summed E-state index contributed by atoms with van der Waals surface area (Å²) in [7, 11) is 0. The van der Waals surface area contributed by atoms with Crippen LogP contribution in [0.25, 0.3) is 0 Å². The van der Waals surface area contributed by atoms with Gasteiger partial charge in [-0.05, 0) is 35.6 Å². The lowest BCUT2D eigenvalue weighted by Gasteiger charge is -2.21. The van der Waals surface area contributed by atoms with E-state index in [1.54, 1.807) is 6.07 Å². The van der Waals surface area contributed by atoms with Crippen LogP contribution in [0.15, 0.2) is 22.7 Å². The maximum Gasteiger partial charge on any atom is 0.0239 e. The van der Waals surface area contributed by atoms with Crippen molar-refractivity contribution >= 4 is 15.9 Å². The highest BCUT2D eigenvalue weighted by atomic mass is 79.9. The summed E-state index contributed by atoms with van der Waals surface area (Å²) in [6.45, 7) is -8.18. The monoisotopic (exact) mass is 235 g/mol. The fourth-order valence-electron chi connectivity index (χ4n) is 0.998. The van der Waals surface area contributed by atoms with Crippen molar-refractivity contribution in [3.63, 3.8) is 0 Å². The first-order valence-electron chi connectivity index (χ1n) is 7.93. The number of hydrogen-bond acceptors (Lipinski definition) is 0. The summed E-state index contributed by atoms with van der Waals surface area (Å²) < 4.78 is 69.3. The van der Waals surface area contributed by atoms with E-state index in [0.717, 1.165) is 0 Å². The second-order valence-electron chi connectivity index (χ2n) is 2.71. The highest BCUT2D eigenvalue weighted by Crippen LogP contribution is 2.27. The third-order valence-electron chi connectivity index (χ3n) is 1.60. The molecular weight excluding hydrogens is 212 g/mol. The van der Waals surface area contributed by atoms with Gasteiger partial charge in [-0.3, -0.25) is 0 Å². The molecule has 1 aromatic carbocycles. The summed E-state index contributed by atoms with van der Waals surface area (Å²) in [5, 5.41) is 0. The van der Waals surface area contributed by atoms with Crippen molar-refractivity contribution in [3.05, 3.63) is 33.8 Å². The Hall–Kier alpha value is -0.300. The highest BCUT2D eigenvalue weighted by Gasteiger charge is 2.15. The van der Waals surface area contributed by atoms with Crippen molar-refractivity contribution in [2.45, 2.75) is 32.9 Å². The smallest absolute Gasteiger partial charge is 0.0239 e. The van der Waals surface area contributed by atoms with Crippen molar-refractivity contribution in [2.24, 2.45) is 0 Å². The zero-order chi connectivity index (χ0) is 16.9. The van der Waals surface area contributed by atoms with E-state index in [1.165, 1.54) is 19.1 Å². The molecule has 1 rings (SSSR count). The Labute approximate surface area is 95.8 Å². The predicted molar refractivity (Wildman–Crippen MR) is 57.6 cm³/mol. The molecule has 0 unspecified atom stereocenters. The first kappa shape index (κ1) is 3.13. The van der Waals surface area contributed by atoms with E-state index in [4.69, 9.17) is 12.3 Å². The van der Waals surface area contributed by atoms with E-state index in [0.29, 0.717) is 10.0 Å². The van der Waals surface area contributed by atoms with E-state index in [-0.39, 0.29) is 5.56 Å². The molecule has 0 aliphatic carbocycles. The van der Waals surface area contributed by atoms with Crippen LogP contribution in [0, 0.1) is 6.92 Å². The van der Waals surface area contributed by atoms with Gasteiger partial charge in [-0.2, -0.15) is 0 Å². The molecule has 0 aliphatic heterocycles. The summed E-state index contributed by atoms with van der Waals surface area (Å²) in [6, 6.07) is 4.36. The molecule has 1 heteroatoms. The Morgan fingerprint density at radius 2 is 2.00 bits per heavy atom. The fourth-order valence-corrected chi connectivity index (χ4v) is 1.36. The predicted octanol–water partition coefficient (Wildman–Crippen LogP) is 4.06. The topological polar surface area (TPSA) is 0 Å². The maximum absolute atomic E-state index is 7.65. The average Bonchev–Trinajstić information content (AvgIpc) is 2.17. The number of rotatable bonds is 0. The van der Waals surface area contributed by atoms with Crippen LogP contribution in [0.5, 0.6) is 0 Å². The quantitative estimate of drug-likeness (QED) is 0.637. The Bertz CT molecular complexity index is 488. The van der Waals surface area contributed by atoms with E-state index >= 15 is 0 Å². The highest BCUT2D eigenvalue weighted by molar-refractivity contribution is 9.10. The fraction of sp³-hybridized carbons (Fsp3) is 0.455. The van der Waals surface area contributed by atoms with Gasteiger partial charge in [0.05, 0.1) is 0 Å². The first-order chi connectivity index (χ1) is 9.16. The Morgan fingerprint density at radius 3 is 2.58 bits per heavy atom. The molecule has 0 amide bonds. The summed E-state index contributed by atoms with van der Waals surface area (Å²) in [5.74, 6) is 0. The third kappa shape index (κ3) is 2.10.